The molecule has 0 saturated heterocycles. The molecule has 6 rings (SSSR count). The number of fused-ring (bicyclic) bond motifs is 1. The van der Waals surface area contributed by atoms with Crippen LogP contribution < -0.4 is 4.90 Å². The maximum Gasteiger partial charge on any atom is 0.262 e. The first-order valence-electron chi connectivity index (χ1n) is 13.4. The van der Waals surface area contributed by atoms with Gasteiger partial charge in [-0.2, -0.15) is 0 Å². The molecular formula is C36H28N2O3. The first-order chi connectivity index (χ1) is 20.0. The quantitative estimate of drug-likeness (QED) is 0.225. The molecule has 0 aliphatic heterocycles. The monoisotopic (exact) mass is 536 g/mol. The standard InChI is InChI=1S/C36H28N2O3/c1-24-21-29-9-5-6-10-33(29)37-35(24)28-15-17-30(18-16-28)38(36(41)32-20-19-31(39)22-34(32)40)23-25-11-13-27(14-12-25)26-7-3-2-4-8-26/h2-22,39-40H,23H2,1H3. The zero-order valence-electron chi connectivity index (χ0n) is 22.5. The van der Waals surface area contributed by atoms with Crippen LogP contribution >= 0.6 is 0 Å². The van der Waals surface area contributed by atoms with Crippen molar-refractivity contribution in [2.45, 2.75) is 13.5 Å². The van der Waals surface area contributed by atoms with Gasteiger partial charge in [-0.15, -0.1) is 0 Å². The minimum Gasteiger partial charge on any atom is -0.508 e. The van der Waals surface area contributed by atoms with E-state index in [-0.39, 0.29) is 23.0 Å². The predicted molar refractivity (Wildman–Crippen MR) is 164 cm³/mol. The van der Waals surface area contributed by atoms with Crippen molar-refractivity contribution in [2.75, 3.05) is 4.90 Å². The molecule has 0 aliphatic rings. The number of carbonyl (C=O) groups is 1. The van der Waals surface area contributed by atoms with Gasteiger partial charge in [-0.3, -0.25) is 4.79 Å². The molecule has 0 atom stereocenters. The third-order valence-electron chi connectivity index (χ3n) is 7.23. The minimum atomic E-state index is -0.373. The molecular weight excluding hydrogens is 508 g/mol. The average molecular weight is 537 g/mol. The third kappa shape index (κ3) is 5.38. The lowest BCUT2D eigenvalue weighted by Gasteiger charge is -2.24. The highest BCUT2D eigenvalue weighted by Crippen LogP contribution is 2.31. The zero-order valence-corrected chi connectivity index (χ0v) is 22.5. The zero-order chi connectivity index (χ0) is 28.3. The number of nitrogens with zero attached hydrogens (tertiary/aromatic N) is 2. The number of rotatable bonds is 6. The Hall–Kier alpha value is -5.42. The summed E-state index contributed by atoms with van der Waals surface area (Å²) in [7, 11) is 0. The van der Waals surface area contributed by atoms with Crippen LogP contribution in [0.15, 0.2) is 127 Å². The summed E-state index contributed by atoms with van der Waals surface area (Å²) >= 11 is 0. The Labute approximate surface area is 238 Å². The Morgan fingerprint density at radius 2 is 1.37 bits per heavy atom. The van der Waals surface area contributed by atoms with Crippen molar-refractivity contribution in [3.63, 3.8) is 0 Å². The SMILES string of the molecule is Cc1cc2ccccc2nc1-c1ccc(N(Cc2ccc(-c3ccccc3)cc2)C(=O)c2ccc(O)cc2O)cc1. The second kappa shape index (κ2) is 11.0. The van der Waals surface area contributed by atoms with Crippen LogP contribution in [0, 0.1) is 6.92 Å². The lowest BCUT2D eigenvalue weighted by atomic mass is 10.0. The summed E-state index contributed by atoms with van der Waals surface area (Å²) < 4.78 is 0. The number of phenolic OH excluding ortho intramolecular Hbond substituents is 2. The van der Waals surface area contributed by atoms with Gasteiger partial charge in [0.15, 0.2) is 0 Å². The number of amides is 1. The lowest BCUT2D eigenvalue weighted by Crippen LogP contribution is -2.30. The van der Waals surface area contributed by atoms with E-state index in [4.69, 9.17) is 4.98 Å². The molecule has 2 N–H and O–H groups in total. The van der Waals surface area contributed by atoms with E-state index in [0.717, 1.165) is 44.4 Å². The highest BCUT2D eigenvalue weighted by Gasteiger charge is 2.22. The second-order valence-corrected chi connectivity index (χ2v) is 10.0. The van der Waals surface area contributed by atoms with Crippen LogP contribution in [0.4, 0.5) is 5.69 Å². The van der Waals surface area contributed by atoms with Gasteiger partial charge in [0.2, 0.25) is 0 Å². The maximum atomic E-state index is 13.8. The van der Waals surface area contributed by atoms with Crippen molar-refractivity contribution in [2.24, 2.45) is 0 Å². The van der Waals surface area contributed by atoms with E-state index in [2.05, 4.69) is 24.3 Å². The number of aromatic nitrogens is 1. The van der Waals surface area contributed by atoms with Crippen LogP contribution in [0.5, 0.6) is 11.5 Å². The molecule has 5 nitrogen and oxygen atoms in total. The minimum absolute atomic E-state index is 0.107. The Morgan fingerprint density at radius 1 is 0.707 bits per heavy atom. The summed E-state index contributed by atoms with van der Waals surface area (Å²) in [6, 6.07) is 40.2. The largest absolute Gasteiger partial charge is 0.508 e. The van der Waals surface area contributed by atoms with Crippen molar-refractivity contribution in [3.8, 4) is 33.9 Å². The molecule has 0 radical (unpaired) electrons. The van der Waals surface area contributed by atoms with Crippen molar-refractivity contribution >= 4 is 22.5 Å². The van der Waals surface area contributed by atoms with Crippen LogP contribution in [-0.4, -0.2) is 21.1 Å². The van der Waals surface area contributed by atoms with Gasteiger partial charge in [-0.25, -0.2) is 4.98 Å². The van der Waals surface area contributed by atoms with Crippen molar-refractivity contribution in [1.82, 2.24) is 4.98 Å². The highest BCUT2D eigenvalue weighted by molar-refractivity contribution is 6.08. The van der Waals surface area contributed by atoms with Gasteiger partial charge >= 0.3 is 0 Å². The number of anilines is 1. The normalized spacial score (nSPS) is 11.0. The number of benzene rings is 5. The molecule has 0 spiro atoms. The average Bonchev–Trinajstić information content (AvgIpc) is 3.00. The number of pyridine rings is 1. The van der Waals surface area contributed by atoms with Crippen LogP contribution in [0.25, 0.3) is 33.3 Å². The molecule has 1 heterocycles. The van der Waals surface area contributed by atoms with Gasteiger partial charge in [-0.1, -0.05) is 84.9 Å². The highest BCUT2D eigenvalue weighted by atomic mass is 16.3. The van der Waals surface area contributed by atoms with E-state index < -0.39 is 0 Å². The molecule has 0 unspecified atom stereocenters. The Morgan fingerprint density at radius 3 is 2.10 bits per heavy atom. The van der Waals surface area contributed by atoms with Crippen LogP contribution in [0.3, 0.4) is 0 Å². The van der Waals surface area contributed by atoms with Gasteiger partial charge in [0.1, 0.15) is 11.5 Å². The van der Waals surface area contributed by atoms with Crippen LogP contribution in [0.2, 0.25) is 0 Å². The van der Waals surface area contributed by atoms with Crippen LogP contribution in [-0.2, 0) is 6.54 Å². The summed E-state index contributed by atoms with van der Waals surface area (Å²) in [6.45, 7) is 2.34. The van der Waals surface area contributed by atoms with Gasteiger partial charge in [0, 0.05) is 22.7 Å². The molecule has 1 aromatic heterocycles. The van der Waals surface area contributed by atoms with Crippen molar-refractivity contribution in [3.05, 3.63) is 144 Å². The Kier molecular flexibility index (Phi) is 6.92. The molecule has 1 amide bonds. The fourth-order valence-corrected chi connectivity index (χ4v) is 5.06. The summed E-state index contributed by atoms with van der Waals surface area (Å²) in [5.74, 6) is -0.751. The predicted octanol–water partition coefficient (Wildman–Crippen LogP) is 8.14. The molecule has 0 saturated carbocycles. The lowest BCUT2D eigenvalue weighted by molar-refractivity contribution is 0.0982. The molecule has 0 aliphatic carbocycles. The number of para-hydroxylation sites is 1. The molecule has 200 valence electrons. The van der Waals surface area contributed by atoms with E-state index >= 15 is 0 Å². The van der Waals surface area contributed by atoms with Gasteiger partial charge in [0.25, 0.3) is 5.91 Å². The van der Waals surface area contributed by atoms with E-state index in [9.17, 15) is 15.0 Å². The summed E-state index contributed by atoms with van der Waals surface area (Å²) in [5.41, 5.74) is 7.77. The molecule has 0 fully saturated rings. The number of hydrogen-bond acceptors (Lipinski definition) is 4. The fourth-order valence-electron chi connectivity index (χ4n) is 5.06. The van der Waals surface area contributed by atoms with Crippen molar-refractivity contribution in [1.29, 1.82) is 0 Å². The second-order valence-electron chi connectivity index (χ2n) is 10.0. The molecule has 41 heavy (non-hydrogen) atoms. The number of hydrogen-bond donors (Lipinski definition) is 2. The third-order valence-corrected chi connectivity index (χ3v) is 7.23. The van der Waals surface area contributed by atoms with Gasteiger partial charge in [0.05, 0.1) is 23.3 Å². The van der Waals surface area contributed by atoms with Crippen LogP contribution in [0.1, 0.15) is 21.5 Å². The number of aromatic hydroxyl groups is 2. The van der Waals surface area contributed by atoms with E-state index in [0.29, 0.717) is 12.2 Å². The Balaban J connectivity index is 1.35. The summed E-state index contributed by atoms with van der Waals surface area (Å²) in [4.78, 5) is 20.3. The number of aryl methyl sites for hydroxylation is 1. The van der Waals surface area contributed by atoms with E-state index in [1.807, 2.05) is 91.9 Å². The first kappa shape index (κ1) is 25.8. The molecule has 5 heteroatoms. The maximum absolute atomic E-state index is 13.8. The molecule has 6 aromatic rings. The molecule has 0 bridgehead atoms. The van der Waals surface area contributed by atoms with E-state index in [1.165, 1.54) is 18.2 Å². The number of carbonyl (C=O) groups excluding carboxylic acids is 1. The van der Waals surface area contributed by atoms with Gasteiger partial charge < -0.3 is 15.1 Å². The summed E-state index contributed by atoms with van der Waals surface area (Å²) in [5, 5.41) is 21.3. The topological polar surface area (TPSA) is 73.7 Å². The first-order valence-corrected chi connectivity index (χ1v) is 13.4. The Bertz CT molecular complexity index is 1850. The van der Waals surface area contributed by atoms with Gasteiger partial charge in [-0.05, 0) is 65.6 Å². The smallest absolute Gasteiger partial charge is 0.262 e. The number of phenols is 2. The van der Waals surface area contributed by atoms with E-state index in [1.54, 1.807) is 4.90 Å². The molecule has 5 aromatic carbocycles. The van der Waals surface area contributed by atoms with Crippen molar-refractivity contribution < 1.29 is 15.0 Å². The fraction of sp³-hybridized carbons (Fsp3) is 0.0556. The summed E-state index contributed by atoms with van der Waals surface area (Å²) in [6.07, 6.45) is 0.